The second-order valence-corrected chi connectivity index (χ2v) is 4.90. The van der Waals surface area contributed by atoms with Crippen LogP contribution in [0.2, 0.25) is 0 Å². The average Bonchev–Trinajstić information content (AvgIpc) is 2.72. The summed E-state index contributed by atoms with van der Waals surface area (Å²) in [7, 11) is 1.93. The van der Waals surface area contributed by atoms with Gasteiger partial charge in [-0.25, -0.2) is 9.67 Å². The Labute approximate surface area is 88.3 Å². The van der Waals surface area contributed by atoms with Gasteiger partial charge in [0.15, 0.2) is 5.16 Å². The number of nitrogens with two attached hydrogens (primary N) is 1. The van der Waals surface area contributed by atoms with E-state index in [2.05, 4.69) is 10.1 Å². The highest BCUT2D eigenvalue weighted by Gasteiger charge is 2.22. The lowest BCUT2D eigenvalue weighted by molar-refractivity contribution is 0.600. The number of thioether (sulfide) groups is 1. The summed E-state index contributed by atoms with van der Waals surface area (Å²) >= 11 is 1.79. The van der Waals surface area contributed by atoms with Gasteiger partial charge < -0.3 is 5.73 Å². The van der Waals surface area contributed by atoms with Gasteiger partial charge in [0.05, 0.1) is 0 Å². The highest BCUT2D eigenvalue weighted by atomic mass is 32.2. The van der Waals surface area contributed by atoms with Crippen molar-refractivity contribution in [2.45, 2.75) is 30.5 Å². The third-order valence-electron chi connectivity index (χ3n) is 2.70. The monoisotopic (exact) mass is 212 g/mol. The van der Waals surface area contributed by atoms with Crippen molar-refractivity contribution in [3.63, 3.8) is 0 Å². The number of hydrogen-bond donors (Lipinski definition) is 1. The van der Waals surface area contributed by atoms with Crippen molar-refractivity contribution >= 4 is 11.8 Å². The molecule has 2 unspecified atom stereocenters. The van der Waals surface area contributed by atoms with Crippen molar-refractivity contribution in [3.8, 4) is 0 Å². The van der Waals surface area contributed by atoms with Gasteiger partial charge in [0, 0.05) is 18.8 Å². The Balaban J connectivity index is 1.80. The number of aryl methyl sites for hydroxylation is 1. The fourth-order valence-electron chi connectivity index (χ4n) is 1.87. The zero-order chi connectivity index (χ0) is 9.97. The Morgan fingerprint density at radius 3 is 3.07 bits per heavy atom. The molecular formula is C9H16N4S. The number of nitrogens with zero attached hydrogens (tertiary/aromatic N) is 3. The van der Waals surface area contributed by atoms with Gasteiger partial charge in [0.25, 0.3) is 0 Å². The van der Waals surface area contributed by atoms with E-state index in [0.29, 0.717) is 6.04 Å². The summed E-state index contributed by atoms with van der Waals surface area (Å²) in [5.74, 6) is 1.90. The van der Waals surface area contributed by atoms with E-state index in [1.165, 1.54) is 19.3 Å². The third-order valence-corrected chi connectivity index (χ3v) is 3.97. The molecule has 0 aliphatic heterocycles. The van der Waals surface area contributed by atoms with Crippen molar-refractivity contribution in [1.29, 1.82) is 0 Å². The third kappa shape index (κ3) is 2.27. The molecule has 2 atom stereocenters. The second-order valence-electron chi connectivity index (χ2n) is 3.92. The Kier molecular flexibility index (Phi) is 3.08. The largest absolute Gasteiger partial charge is 0.328 e. The molecule has 1 aliphatic rings. The van der Waals surface area contributed by atoms with Crippen LogP contribution in [0.4, 0.5) is 0 Å². The first kappa shape index (κ1) is 9.98. The molecule has 1 aromatic heterocycles. The topological polar surface area (TPSA) is 56.7 Å². The summed E-state index contributed by atoms with van der Waals surface area (Å²) in [6, 6.07) is 0.431. The van der Waals surface area contributed by atoms with Crippen LogP contribution in [0, 0.1) is 5.92 Å². The van der Waals surface area contributed by atoms with Gasteiger partial charge in [0.2, 0.25) is 0 Å². The maximum atomic E-state index is 5.86. The average molecular weight is 212 g/mol. The minimum absolute atomic E-state index is 0.431. The Morgan fingerprint density at radius 2 is 2.50 bits per heavy atom. The van der Waals surface area contributed by atoms with Crippen molar-refractivity contribution in [1.82, 2.24) is 14.8 Å². The lowest BCUT2D eigenvalue weighted by Gasteiger charge is -2.07. The summed E-state index contributed by atoms with van der Waals surface area (Å²) in [6.07, 6.45) is 5.23. The molecule has 0 bridgehead atoms. The zero-order valence-corrected chi connectivity index (χ0v) is 9.20. The Morgan fingerprint density at radius 1 is 1.64 bits per heavy atom. The van der Waals surface area contributed by atoms with E-state index < -0.39 is 0 Å². The van der Waals surface area contributed by atoms with E-state index in [1.807, 2.05) is 11.7 Å². The van der Waals surface area contributed by atoms with Crippen molar-refractivity contribution < 1.29 is 0 Å². The molecule has 0 amide bonds. The molecule has 2 N–H and O–H groups in total. The van der Waals surface area contributed by atoms with Crippen LogP contribution in [0.5, 0.6) is 0 Å². The first-order valence-electron chi connectivity index (χ1n) is 4.98. The lowest BCUT2D eigenvalue weighted by Crippen LogP contribution is -2.15. The summed E-state index contributed by atoms with van der Waals surface area (Å²) in [4.78, 5) is 4.18. The normalized spacial score (nSPS) is 27.0. The van der Waals surface area contributed by atoms with Gasteiger partial charge in [-0.3, -0.25) is 0 Å². The molecule has 1 heterocycles. The van der Waals surface area contributed by atoms with Crippen LogP contribution in [-0.2, 0) is 7.05 Å². The summed E-state index contributed by atoms with van der Waals surface area (Å²) in [5.41, 5.74) is 5.86. The summed E-state index contributed by atoms with van der Waals surface area (Å²) in [6.45, 7) is 0. The van der Waals surface area contributed by atoms with Gasteiger partial charge in [-0.15, -0.1) is 0 Å². The van der Waals surface area contributed by atoms with E-state index in [-0.39, 0.29) is 0 Å². The summed E-state index contributed by atoms with van der Waals surface area (Å²) < 4.78 is 1.82. The predicted molar refractivity (Wildman–Crippen MR) is 57.0 cm³/mol. The van der Waals surface area contributed by atoms with Gasteiger partial charge in [-0.1, -0.05) is 11.8 Å². The molecule has 78 valence electrons. The lowest BCUT2D eigenvalue weighted by atomic mass is 10.1. The number of hydrogen-bond acceptors (Lipinski definition) is 4. The van der Waals surface area contributed by atoms with Crippen LogP contribution in [0.15, 0.2) is 11.5 Å². The number of aromatic nitrogens is 3. The van der Waals surface area contributed by atoms with E-state index >= 15 is 0 Å². The Hall–Kier alpha value is -0.550. The fourth-order valence-corrected chi connectivity index (χ4v) is 2.92. The van der Waals surface area contributed by atoms with Crippen LogP contribution in [-0.4, -0.2) is 26.6 Å². The molecule has 5 heteroatoms. The van der Waals surface area contributed by atoms with Gasteiger partial charge in [-0.2, -0.15) is 5.10 Å². The molecule has 1 fully saturated rings. The maximum absolute atomic E-state index is 5.86. The van der Waals surface area contributed by atoms with Gasteiger partial charge >= 0.3 is 0 Å². The standard InChI is InChI=1S/C9H16N4S/c1-13-9(11-6-12-13)14-5-7-2-3-8(10)4-7/h6-8H,2-5,10H2,1H3. The predicted octanol–water partition coefficient (Wildman–Crippen LogP) is 1.03. The van der Waals surface area contributed by atoms with E-state index in [1.54, 1.807) is 18.1 Å². The van der Waals surface area contributed by atoms with Crippen LogP contribution < -0.4 is 5.73 Å². The van der Waals surface area contributed by atoms with Crippen LogP contribution in [0.3, 0.4) is 0 Å². The molecule has 1 aromatic rings. The Bertz CT molecular complexity index is 299. The molecule has 2 rings (SSSR count). The maximum Gasteiger partial charge on any atom is 0.185 e. The molecule has 14 heavy (non-hydrogen) atoms. The highest BCUT2D eigenvalue weighted by Crippen LogP contribution is 2.29. The number of rotatable bonds is 3. The zero-order valence-electron chi connectivity index (χ0n) is 8.39. The van der Waals surface area contributed by atoms with Crippen molar-refractivity contribution in [2.75, 3.05) is 5.75 Å². The molecule has 0 aromatic carbocycles. The molecule has 1 saturated carbocycles. The first-order valence-corrected chi connectivity index (χ1v) is 5.96. The quantitative estimate of drug-likeness (QED) is 0.760. The first-order chi connectivity index (χ1) is 6.75. The van der Waals surface area contributed by atoms with Gasteiger partial charge in [-0.05, 0) is 25.2 Å². The van der Waals surface area contributed by atoms with E-state index in [4.69, 9.17) is 5.73 Å². The highest BCUT2D eigenvalue weighted by molar-refractivity contribution is 7.99. The smallest absolute Gasteiger partial charge is 0.185 e. The van der Waals surface area contributed by atoms with Crippen LogP contribution in [0.1, 0.15) is 19.3 Å². The van der Waals surface area contributed by atoms with Gasteiger partial charge in [0.1, 0.15) is 6.33 Å². The summed E-state index contributed by atoms with van der Waals surface area (Å²) in [5, 5.41) is 5.04. The molecule has 0 spiro atoms. The van der Waals surface area contributed by atoms with Crippen LogP contribution >= 0.6 is 11.8 Å². The molecule has 0 saturated heterocycles. The van der Waals surface area contributed by atoms with Crippen molar-refractivity contribution in [3.05, 3.63) is 6.33 Å². The molecular weight excluding hydrogens is 196 g/mol. The van der Waals surface area contributed by atoms with Crippen LogP contribution in [0.25, 0.3) is 0 Å². The molecule has 0 radical (unpaired) electrons. The van der Waals surface area contributed by atoms with E-state index in [9.17, 15) is 0 Å². The fraction of sp³-hybridized carbons (Fsp3) is 0.778. The van der Waals surface area contributed by atoms with Crippen molar-refractivity contribution in [2.24, 2.45) is 18.7 Å². The second kappa shape index (κ2) is 4.31. The molecule has 4 nitrogen and oxygen atoms in total. The minimum atomic E-state index is 0.431. The minimum Gasteiger partial charge on any atom is -0.328 e. The molecule has 1 aliphatic carbocycles. The van der Waals surface area contributed by atoms with E-state index in [0.717, 1.165) is 16.8 Å². The SMILES string of the molecule is Cn1ncnc1SCC1CCC(N)C1.